The number of nitrogens with zero attached hydrogens (tertiary/aromatic N) is 1. The maximum absolute atomic E-state index is 12.7. The summed E-state index contributed by atoms with van der Waals surface area (Å²) < 4.78 is 5.26. The van der Waals surface area contributed by atoms with Gasteiger partial charge in [0.1, 0.15) is 5.75 Å². The van der Waals surface area contributed by atoms with Gasteiger partial charge in [0.2, 0.25) is 0 Å². The van der Waals surface area contributed by atoms with Crippen molar-refractivity contribution in [2.45, 2.75) is 32.7 Å². The molecular weight excluding hydrogens is 324 g/mol. The lowest BCUT2D eigenvalue weighted by molar-refractivity contribution is 0.0937. The lowest BCUT2D eigenvalue weighted by Crippen LogP contribution is -2.33. The number of nitrogens with one attached hydrogen (secondary N) is 1. The van der Waals surface area contributed by atoms with Gasteiger partial charge in [-0.3, -0.25) is 9.78 Å². The molecule has 0 aliphatic heterocycles. The van der Waals surface area contributed by atoms with Crippen molar-refractivity contribution in [1.82, 2.24) is 10.3 Å². The molecule has 0 bridgehead atoms. The number of rotatable bonds is 6. The van der Waals surface area contributed by atoms with E-state index < -0.39 is 0 Å². The van der Waals surface area contributed by atoms with Gasteiger partial charge in [-0.25, -0.2) is 0 Å². The second-order valence-corrected chi connectivity index (χ2v) is 6.58. The number of benzene rings is 2. The highest BCUT2D eigenvalue weighted by Crippen LogP contribution is 2.22. The molecular formula is C22H24N2O2. The van der Waals surface area contributed by atoms with Crippen LogP contribution >= 0.6 is 0 Å². The van der Waals surface area contributed by atoms with E-state index in [0.717, 1.165) is 35.2 Å². The van der Waals surface area contributed by atoms with Gasteiger partial charge < -0.3 is 10.1 Å². The molecule has 4 heteroatoms. The number of hydrogen-bond donors (Lipinski definition) is 1. The molecule has 0 unspecified atom stereocenters. The SMILES string of the molecule is COc1ccc2nc(C)c(C(=O)N[C@@H](C)CCc3ccccc3)cc2c1. The first-order valence-corrected chi connectivity index (χ1v) is 8.87. The molecule has 26 heavy (non-hydrogen) atoms. The average molecular weight is 348 g/mol. The molecule has 1 amide bonds. The van der Waals surface area contributed by atoms with Crippen LogP contribution in [0.3, 0.4) is 0 Å². The number of hydrogen-bond acceptors (Lipinski definition) is 3. The smallest absolute Gasteiger partial charge is 0.253 e. The van der Waals surface area contributed by atoms with Gasteiger partial charge in [0.25, 0.3) is 5.91 Å². The maximum atomic E-state index is 12.7. The summed E-state index contributed by atoms with van der Waals surface area (Å²) in [6.07, 6.45) is 1.83. The summed E-state index contributed by atoms with van der Waals surface area (Å²) in [7, 11) is 1.63. The molecule has 0 aliphatic rings. The number of pyridine rings is 1. The Labute approximate surface area is 154 Å². The minimum atomic E-state index is -0.0831. The van der Waals surface area contributed by atoms with Crippen molar-refractivity contribution >= 4 is 16.8 Å². The van der Waals surface area contributed by atoms with Crippen LogP contribution in [0, 0.1) is 6.92 Å². The zero-order valence-corrected chi connectivity index (χ0v) is 15.5. The van der Waals surface area contributed by atoms with Crippen molar-refractivity contribution in [3.8, 4) is 5.75 Å². The number of carbonyl (C=O) groups is 1. The number of methoxy groups -OCH3 is 1. The summed E-state index contributed by atoms with van der Waals surface area (Å²) >= 11 is 0. The van der Waals surface area contributed by atoms with Gasteiger partial charge in [-0.1, -0.05) is 30.3 Å². The van der Waals surface area contributed by atoms with Crippen LogP contribution in [0.4, 0.5) is 0 Å². The molecule has 0 saturated heterocycles. The predicted molar refractivity (Wildman–Crippen MR) is 105 cm³/mol. The monoisotopic (exact) mass is 348 g/mol. The van der Waals surface area contributed by atoms with E-state index in [1.807, 2.05) is 56.3 Å². The van der Waals surface area contributed by atoms with E-state index in [1.165, 1.54) is 5.56 Å². The highest BCUT2D eigenvalue weighted by molar-refractivity contribution is 5.98. The summed E-state index contributed by atoms with van der Waals surface area (Å²) in [6.45, 7) is 3.90. The lowest BCUT2D eigenvalue weighted by Gasteiger charge is -2.15. The average Bonchev–Trinajstić information content (AvgIpc) is 2.66. The zero-order valence-electron chi connectivity index (χ0n) is 15.5. The first kappa shape index (κ1) is 17.9. The fraction of sp³-hybridized carbons (Fsp3) is 0.273. The normalized spacial score (nSPS) is 12.0. The standard InChI is InChI=1S/C22H24N2O2/c1-15(9-10-17-7-5-4-6-8-17)23-22(25)20-14-18-13-19(26-3)11-12-21(18)24-16(20)2/h4-8,11-15H,9-10H2,1-3H3,(H,23,25)/t15-/m0/s1. The van der Waals surface area contributed by atoms with Crippen molar-refractivity contribution in [3.63, 3.8) is 0 Å². The minimum absolute atomic E-state index is 0.0831. The Kier molecular flexibility index (Phi) is 5.52. The number of aryl methyl sites for hydroxylation is 2. The molecule has 3 aromatic rings. The van der Waals surface area contributed by atoms with Gasteiger partial charge in [-0.2, -0.15) is 0 Å². The third-order valence-electron chi connectivity index (χ3n) is 4.54. The fourth-order valence-corrected chi connectivity index (χ4v) is 3.01. The van der Waals surface area contributed by atoms with Crippen LogP contribution in [-0.2, 0) is 6.42 Å². The van der Waals surface area contributed by atoms with Crippen LogP contribution in [-0.4, -0.2) is 24.0 Å². The van der Waals surface area contributed by atoms with Crippen LogP contribution in [0.2, 0.25) is 0 Å². The molecule has 1 atom stereocenters. The summed E-state index contributed by atoms with van der Waals surface area (Å²) in [4.78, 5) is 17.3. The quantitative estimate of drug-likeness (QED) is 0.722. The summed E-state index contributed by atoms with van der Waals surface area (Å²) in [6, 6.07) is 18.0. The number of aromatic nitrogens is 1. The molecule has 0 aliphatic carbocycles. The van der Waals surface area contributed by atoms with Crippen molar-refractivity contribution in [2.24, 2.45) is 0 Å². The van der Waals surface area contributed by atoms with E-state index in [-0.39, 0.29) is 11.9 Å². The molecule has 134 valence electrons. The van der Waals surface area contributed by atoms with Crippen LogP contribution in [0.5, 0.6) is 5.75 Å². The van der Waals surface area contributed by atoms with Gasteiger partial charge in [0, 0.05) is 11.4 Å². The van der Waals surface area contributed by atoms with E-state index in [4.69, 9.17) is 4.74 Å². The van der Waals surface area contributed by atoms with E-state index >= 15 is 0 Å². The molecule has 0 fully saturated rings. The molecule has 0 spiro atoms. The van der Waals surface area contributed by atoms with Crippen molar-refractivity contribution in [2.75, 3.05) is 7.11 Å². The van der Waals surface area contributed by atoms with Crippen LogP contribution < -0.4 is 10.1 Å². The van der Waals surface area contributed by atoms with Gasteiger partial charge in [0.15, 0.2) is 0 Å². The zero-order chi connectivity index (χ0) is 18.5. The summed E-state index contributed by atoms with van der Waals surface area (Å²) in [5, 5.41) is 3.99. The molecule has 2 aromatic carbocycles. The highest BCUT2D eigenvalue weighted by Gasteiger charge is 2.14. The minimum Gasteiger partial charge on any atom is -0.497 e. The first-order valence-electron chi connectivity index (χ1n) is 8.87. The summed E-state index contributed by atoms with van der Waals surface area (Å²) in [5.74, 6) is 0.672. The maximum Gasteiger partial charge on any atom is 0.253 e. The van der Waals surface area contributed by atoms with Crippen LogP contribution in [0.1, 0.15) is 35.0 Å². The van der Waals surface area contributed by atoms with Gasteiger partial charge in [-0.05, 0) is 56.5 Å². The lowest BCUT2D eigenvalue weighted by atomic mass is 10.0. The summed E-state index contributed by atoms with van der Waals surface area (Å²) in [5.41, 5.74) is 3.48. The molecule has 0 saturated carbocycles. The van der Waals surface area contributed by atoms with Crippen molar-refractivity contribution < 1.29 is 9.53 Å². The Balaban J connectivity index is 1.71. The van der Waals surface area contributed by atoms with E-state index in [0.29, 0.717) is 5.56 Å². The fourth-order valence-electron chi connectivity index (χ4n) is 3.01. The molecule has 4 nitrogen and oxygen atoms in total. The molecule has 1 N–H and O–H groups in total. The predicted octanol–water partition coefficient (Wildman–Crippen LogP) is 4.30. The van der Waals surface area contributed by atoms with Gasteiger partial charge >= 0.3 is 0 Å². The number of carbonyl (C=O) groups excluding carboxylic acids is 1. The Morgan fingerprint density at radius 1 is 1.15 bits per heavy atom. The topological polar surface area (TPSA) is 51.2 Å². The van der Waals surface area contributed by atoms with Crippen molar-refractivity contribution in [3.05, 3.63) is 71.4 Å². The first-order chi connectivity index (χ1) is 12.6. The third kappa shape index (κ3) is 4.20. The largest absolute Gasteiger partial charge is 0.497 e. The van der Waals surface area contributed by atoms with E-state index in [9.17, 15) is 4.79 Å². The van der Waals surface area contributed by atoms with E-state index in [2.05, 4.69) is 22.4 Å². The number of ether oxygens (including phenoxy) is 1. The third-order valence-corrected chi connectivity index (χ3v) is 4.54. The molecule has 3 rings (SSSR count). The highest BCUT2D eigenvalue weighted by atomic mass is 16.5. The molecule has 1 aromatic heterocycles. The Morgan fingerprint density at radius 3 is 2.65 bits per heavy atom. The van der Waals surface area contributed by atoms with Gasteiger partial charge in [-0.15, -0.1) is 0 Å². The molecule has 0 radical (unpaired) electrons. The Hall–Kier alpha value is -2.88. The second-order valence-electron chi connectivity index (χ2n) is 6.58. The molecule has 1 heterocycles. The number of amides is 1. The number of fused-ring (bicyclic) bond motifs is 1. The van der Waals surface area contributed by atoms with E-state index in [1.54, 1.807) is 7.11 Å². The Morgan fingerprint density at radius 2 is 1.92 bits per heavy atom. The van der Waals surface area contributed by atoms with Crippen LogP contribution in [0.25, 0.3) is 10.9 Å². The Bertz CT molecular complexity index is 907. The van der Waals surface area contributed by atoms with Crippen LogP contribution in [0.15, 0.2) is 54.6 Å². The van der Waals surface area contributed by atoms with Gasteiger partial charge in [0.05, 0.1) is 23.9 Å². The van der Waals surface area contributed by atoms with Crippen molar-refractivity contribution in [1.29, 1.82) is 0 Å². The second kappa shape index (κ2) is 8.00.